The summed E-state index contributed by atoms with van der Waals surface area (Å²) in [6, 6.07) is 0. The fourth-order valence-corrected chi connectivity index (χ4v) is 1.31. The van der Waals surface area contributed by atoms with Crippen molar-refractivity contribution in [1.29, 1.82) is 0 Å². The smallest absolute Gasteiger partial charge is 0.216 e. The van der Waals surface area contributed by atoms with Gasteiger partial charge in [-0.05, 0) is 32.5 Å². The van der Waals surface area contributed by atoms with Gasteiger partial charge in [0.15, 0.2) is 0 Å². The van der Waals surface area contributed by atoms with E-state index in [1.165, 1.54) is 6.42 Å². The van der Waals surface area contributed by atoms with Crippen LogP contribution in [0.25, 0.3) is 0 Å². The highest BCUT2D eigenvalue weighted by molar-refractivity contribution is 5.72. The Labute approximate surface area is 95.2 Å². The van der Waals surface area contributed by atoms with Gasteiger partial charge in [-0.15, -0.1) is 0 Å². The van der Waals surface area contributed by atoms with Crippen LogP contribution in [0.3, 0.4) is 0 Å². The van der Waals surface area contributed by atoms with Gasteiger partial charge in [-0.1, -0.05) is 27.7 Å². The molecular formula is C12H28N2O. The van der Waals surface area contributed by atoms with Gasteiger partial charge < -0.3 is 10.2 Å². The van der Waals surface area contributed by atoms with Crippen LogP contribution in [0.15, 0.2) is 0 Å². The average Bonchev–Trinajstić information content (AvgIpc) is 2.25. The lowest BCUT2D eigenvalue weighted by Gasteiger charge is -2.19. The second-order valence-electron chi connectivity index (χ2n) is 3.27. The Morgan fingerprint density at radius 2 is 1.80 bits per heavy atom. The van der Waals surface area contributed by atoms with E-state index in [9.17, 15) is 4.79 Å². The van der Waals surface area contributed by atoms with Crippen LogP contribution in [0, 0.1) is 0 Å². The van der Waals surface area contributed by atoms with E-state index < -0.39 is 0 Å². The standard InChI is InChI=1S/C10H22N2O.C2H6/c1-4-8-12(5-2)9-6-7-11-10(3)13;1-2/h4-9H2,1-3H3,(H,11,13);1-2H3. The minimum absolute atomic E-state index is 0.0681. The van der Waals surface area contributed by atoms with Crippen LogP contribution in [0.2, 0.25) is 0 Å². The number of amides is 1. The van der Waals surface area contributed by atoms with E-state index in [4.69, 9.17) is 0 Å². The molecule has 3 heteroatoms. The van der Waals surface area contributed by atoms with Crippen LogP contribution in [0.4, 0.5) is 0 Å². The van der Waals surface area contributed by atoms with Gasteiger partial charge in [-0.2, -0.15) is 0 Å². The van der Waals surface area contributed by atoms with E-state index in [-0.39, 0.29) is 5.91 Å². The topological polar surface area (TPSA) is 32.3 Å². The van der Waals surface area contributed by atoms with Crippen molar-refractivity contribution >= 4 is 5.91 Å². The fourth-order valence-electron chi connectivity index (χ4n) is 1.31. The summed E-state index contributed by atoms with van der Waals surface area (Å²) in [4.78, 5) is 13.0. The molecule has 0 unspecified atom stereocenters. The summed E-state index contributed by atoms with van der Waals surface area (Å²) >= 11 is 0. The molecule has 0 aliphatic carbocycles. The van der Waals surface area contributed by atoms with Crippen LogP contribution in [0.5, 0.6) is 0 Å². The summed E-state index contributed by atoms with van der Waals surface area (Å²) in [6.45, 7) is 14.1. The molecule has 0 aromatic carbocycles. The number of rotatable bonds is 7. The van der Waals surface area contributed by atoms with Gasteiger partial charge in [0.1, 0.15) is 0 Å². The van der Waals surface area contributed by atoms with Gasteiger partial charge in [0, 0.05) is 13.5 Å². The van der Waals surface area contributed by atoms with Crippen molar-refractivity contribution in [2.24, 2.45) is 0 Å². The Balaban J connectivity index is 0. The maximum Gasteiger partial charge on any atom is 0.216 e. The van der Waals surface area contributed by atoms with E-state index >= 15 is 0 Å². The maximum atomic E-state index is 10.6. The molecule has 0 rings (SSSR count). The zero-order chi connectivity index (χ0) is 12.1. The minimum Gasteiger partial charge on any atom is -0.356 e. The minimum atomic E-state index is 0.0681. The summed E-state index contributed by atoms with van der Waals surface area (Å²) in [6.07, 6.45) is 2.25. The molecular weight excluding hydrogens is 188 g/mol. The number of nitrogens with one attached hydrogen (secondary N) is 1. The van der Waals surface area contributed by atoms with Gasteiger partial charge in [-0.3, -0.25) is 4.79 Å². The molecule has 0 aromatic rings. The third kappa shape index (κ3) is 13.4. The second kappa shape index (κ2) is 13.4. The lowest BCUT2D eigenvalue weighted by Crippen LogP contribution is -2.29. The molecule has 0 radical (unpaired) electrons. The molecule has 3 nitrogen and oxygen atoms in total. The van der Waals surface area contributed by atoms with Crippen molar-refractivity contribution in [3.05, 3.63) is 0 Å². The van der Waals surface area contributed by atoms with Gasteiger partial charge in [0.2, 0.25) is 5.91 Å². The van der Waals surface area contributed by atoms with E-state index in [0.29, 0.717) is 0 Å². The van der Waals surface area contributed by atoms with E-state index in [1.54, 1.807) is 6.92 Å². The SMILES string of the molecule is CC.CCCN(CC)CCCNC(C)=O. The Hall–Kier alpha value is -0.570. The molecule has 0 atom stereocenters. The summed E-state index contributed by atoms with van der Waals surface area (Å²) in [7, 11) is 0. The van der Waals surface area contributed by atoms with E-state index in [0.717, 1.165) is 32.6 Å². The number of hydrogen-bond acceptors (Lipinski definition) is 2. The normalized spacial score (nSPS) is 9.47. The van der Waals surface area contributed by atoms with Crippen molar-refractivity contribution in [1.82, 2.24) is 10.2 Å². The first-order valence-corrected chi connectivity index (χ1v) is 6.17. The Morgan fingerprint density at radius 1 is 1.20 bits per heavy atom. The fraction of sp³-hybridized carbons (Fsp3) is 0.917. The summed E-state index contributed by atoms with van der Waals surface area (Å²) in [5.74, 6) is 0.0681. The molecule has 0 saturated carbocycles. The zero-order valence-corrected chi connectivity index (χ0v) is 11.1. The van der Waals surface area contributed by atoms with E-state index in [1.807, 2.05) is 13.8 Å². The molecule has 0 heterocycles. The first-order chi connectivity index (χ1) is 7.20. The van der Waals surface area contributed by atoms with Gasteiger partial charge in [0.25, 0.3) is 0 Å². The zero-order valence-electron chi connectivity index (χ0n) is 11.1. The van der Waals surface area contributed by atoms with Crippen LogP contribution in [-0.4, -0.2) is 37.0 Å². The molecule has 0 aliphatic heterocycles. The Morgan fingerprint density at radius 3 is 2.20 bits per heavy atom. The molecule has 1 amide bonds. The number of carbonyl (C=O) groups excluding carboxylic acids is 1. The summed E-state index contributed by atoms with van der Waals surface area (Å²) in [5.41, 5.74) is 0. The van der Waals surface area contributed by atoms with E-state index in [2.05, 4.69) is 24.1 Å². The highest BCUT2D eigenvalue weighted by atomic mass is 16.1. The lowest BCUT2D eigenvalue weighted by molar-refractivity contribution is -0.118. The summed E-state index contributed by atoms with van der Waals surface area (Å²) in [5, 5.41) is 2.80. The number of nitrogens with zero attached hydrogens (tertiary/aromatic N) is 1. The monoisotopic (exact) mass is 216 g/mol. The molecule has 0 aliphatic rings. The van der Waals surface area contributed by atoms with Crippen molar-refractivity contribution < 1.29 is 4.79 Å². The maximum absolute atomic E-state index is 10.6. The van der Waals surface area contributed by atoms with Crippen molar-refractivity contribution in [2.75, 3.05) is 26.2 Å². The van der Waals surface area contributed by atoms with Gasteiger partial charge in [-0.25, -0.2) is 0 Å². The van der Waals surface area contributed by atoms with Gasteiger partial charge >= 0.3 is 0 Å². The molecule has 1 N–H and O–H groups in total. The number of hydrogen-bond donors (Lipinski definition) is 1. The average molecular weight is 216 g/mol. The third-order valence-corrected chi connectivity index (χ3v) is 2.01. The van der Waals surface area contributed by atoms with Crippen molar-refractivity contribution in [3.8, 4) is 0 Å². The predicted molar refractivity (Wildman–Crippen MR) is 67.1 cm³/mol. The highest BCUT2D eigenvalue weighted by Gasteiger charge is 1.99. The predicted octanol–water partition coefficient (Wildman–Crippen LogP) is 2.27. The first-order valence-electron chi connectivity index (χ1n) is 6.17. The second-order valence-corrected chi connectivity index (χ2v) is 3.27. The molecule has 0 bridgehead atoms. The van der Waals surface area contributed by atoms with Crippen LogP contribution >= 0.6 is 0 Å². The molecule has 15 heavy (non-hydrogen) atoms. The Bertz CT molecular complexity index is 138. The third-order valence-electron chi connectivity index (χ3n) is 2.01. The van der Waals surface area contributed by atoms with Crippen LogP contribution < -0.4 is 5.32 Å². The largest absolute Gasteiger partial charge is 0.356 e. The van der Waals surface area contributed by atoms with Crippen LogP contribution in [0.1, 0.15) is 47.5 Å². The molecule has 0 fully saturated rings. The number of carbonyl (C=O) groups is 1. The molecule has 0 aromatic heterocycles. The molecule has 0 saturated heterocycles. The van der Waals surface area contributed by atoms with Crippen molar-refractivity contribution in [2.45, 2.75) is 47.5 Å². The highest BCUT2D eigenvalue weighted by Crippen LogP contribution is 1.92. The quantitative estimate of drug-likeness (QED) is 0.662. The molecule has 0 spiro atoms. The van der Waals surface area contributed by atoms with Crippen LogP contribution in [-0.2, 0) is 4.79 Å². The first kappa shape index (κ1) is 16.8. The Kier molecular flexibility index (Phi) is 15.1. The van der Waals surface area contributed by atoms with Crippen molar-refractivity contribution in [3.63, 3.8) is 0 Å². The lowest BCUT2D eigenvalue weighted by atomic mass is 10.3. The summed E-state index contributed by atoms with van der Waals surface area (Å²) < 4.78 is 0. The molecule has 92 valence electrons. The van der Waals surface area contributed by atoms with Gasteiger partial charge in [0.05, 0.1) is 0 Å².